The Bertz CT molecular complexity index is 386. The third kappa shape index (κ3) is 1.39. The Hall–Kier alpha value is -1.18. The summed E-state index contributed by atoms with van der Waals surface area (Å²) >= 11 is 0. The van der Waals surface area contributed by atoms with E-state index in [0.29, 0.717) is 11.7 Å². The first-order chi connectivity index (χ1) is 7.24. The van der Waals surface area contributed by atoms with Gasteiger partial charge < -0.3 is 10.2 Å². The maximum Gasteiger partial charge on any atom is 0.119 e. The summed E-state index contributed by atoms with van der Waals surface area (Å²) in [6, 6.07) is 4.89. The van der Waals surface area contributed by atoms with Gasteiger partial charge in [-0.2, -0.15) is 0 Å². The van der Waals surface area contributed by atoms with E-state index in [2.05, 4.69) is 0 Å². The molecule has 3 atom stereocenters. The van der Waals surface area contributed by atoms with Gasteiger partial charge in [0.1, 0.15) is 11.5 Å². The van der Waals surface area contributed by atoms with Crippen LogP contribution in [0.3, 0.4) is 0 Å². The van der Waals surface area contributed by atoms with E-state index in [9.17, 15) is 10.2 Å². The monoisotopic (exact) mass is 204 g/mol. The molecule has 2 aliphatic carbocycles. The summed E-state index contributed by atoms with van der Waals surface area (Å²) < 4.78 is 0. The number of hydrogen-bond donors (Lipinski definition) is 2. The van der Waals surface area contributed by atoms with Crippen LogP contribution in [0.2, 0.25) is 0 Å². The molecule has 0 aromatic heterocycles. The lowest BCUT2D eigenvalue weighted by Gasteiger charge is -2.22. The molecule has 80 valence electrons. The highest BCUT2D eigenvalue weighted by Crippen LogP contribution is 2.54. The number of hydrogen-bond acceptors (Lipinski definition) is 2. The van der Waals surface area contributed by atoms with Gasteiger partial charge in [0.25, 0.3) is 0 Å². The quantitative estimate of drug-likeness (QED) is 0.690. The molecule has 0 spiro atoms. The predicted molar refractivity (Wildman–Crippen MR) is 58.0 cm³/mol. The molecule has 2 aliphatic rings. The van der Waals surface area contributed by atoms with Gasteiger partial charge in [-0.3, -0.25) is 0 Å². The van der Waals surface area contributed by atoms with Crippen molar-refractivity contribution >= 4 is 0 Å². The summed E-state index contributed by atoms with van der Waals surface area (Å²) in [6.07, 6.45) is 5.17. The van der Waals surface area contributed by atoms with Crippen LogP contribution in [0.4, 0.5) is 0 Å². The van der Waals surface area contributed by atoms with Crippen LogP contribution in [0.1, 0.15) is 37.2 Å². The summed E-state index contributed by atoms with van der Waals surface area (Å²) in [5.41, 5.74) is 0.960. The third-order valence-corrected chi connectivity index (χ3v) is 4.15. The summed E-state index contributed by atoms with van der Waals surface area (Å²) in [4.78, 5) is 0. The van der Waals surface area contributed by atoms with Gasteiger partial charge in [-0.15, -0.1) is 0 Å². The van der Waals surface area contributed by atoms with Crippen LogP contribution in [0, 0.1) is 11.8 Å². The van der Waals surface area contributed by atoms with Crippen LogP contribution in [0.15, 0.2) is 18.2 Å². The molecule has 2 fully saturated rings. The first kappa shape index (κ1) is 9.08. The number of aromatic hydroxyl groups is 2. The van der Waals surface area contributed by atoms with Crippen molar-refractivity contribution < 1.29 is 10.2 Å². The maximum atomic E-state index is 9.81. The van der Waals surface area contributed by atoms with E-state index in [4.69, 9.17) is 0 Å². The standard InChI is InChI=1S/C13H16O2/c14-10-3-4-13(15)12(7-10)11-6-8-1-2-9(11)5-8/h3-4,7-9,11,14-15H,1-2,5-6H2/t8-,9+,11?/m0/s1. The highest BCUT2D eigenvalue weighted by atomic mass is 16.3. The Morgan fingerprint density at radius 2 is 1.93 bits per heavy atom. The molecule has 15 heavy (non-hydrogen) atoms. The van der Waals surface area contributed by atoms with Gasteiger partial charge in [-0.1, -0.05) is 6.42 Å². The third-order valence-electron chi connectivity index (χ3n) is 4.15. The minimum atomic E-state index is 0.269. The molecule has 0 radical (unpaired) electrons. The van der Waals surface area contributed by atoms with E-state index in [-0.39, 0.29) is 5.75 Å². The number of phenols is 2. The van der Waals surface area contributed by atoms with E-state index in [1.807, 2.05) is 0 Å². The molecule has 2 saturated carbocycles. The van der Waals surface area contributed by atoms with Crippen molar-refractivity contribution in [2.45, 2.75) is 31.6 Å². The Labute approximate surface area is 89.6 Å². The van der Waals surface area contributed by atoms with E-state index in [1.54, 1.807) is 18.2 Å². The fourth-order valence-corrected chi connectivity index (χ4v) is 3.46. The van der Waals surface area contributed by atoms with Crippen molar-refractivity contribution in [1.82, 2.24) is 0 Å². The average molecular weight is 204 g/mol. The topological polar surface area (TPSA) is 40.5 Å². The van der Waals surface area contributed by atoms with Crippen LogP contribution in [0.5, 0.6) is 11.5 Å². The first-order valence-electron chi connectivity index (χ1n) is 5.76. The van der Waals surface area contributed by atoms with Crippen LogP contribution < -0.4 is 0 Å². The molecule has 0 heterocycles. The maximum absolute atomic E-state index is 9.81. The normalized spacial score (nSPS) is 33.5. The van der Waals surface area contributed by atoms with E-state index < -0.39 is 0 Å². The van der Waals surface area contributed by atoms with Gasteiger partial charge in [0.05, 0.1) is 0 Å². The van der Waals surface area contributed by atoms with Crippen molar-refractivity contribution in [3.05, 3.63) is 23.8 Å². The summed E-state index contributed by atoms with van der Waals surface area (Å²) in [5.74, 6) is 2.70. The van der Waals surface area contributed by atoms with E-state index in [0.717, 1.165) is 17.4 Å². The van der Waals surface area contributed by atoms with E-state index in [1.165, 1.54) is 25.7 Å². The minimum Gasteiger partial charge on any atom is -0.508 e. The minimum absolute atomic E-state index is 0.269. The molecule has 2 N–H and O–H groups in total. The summed E-state index contributed by atoms with van der Waals surface area (Å²) in [5, 5.41) is 19.3. The molecule has 3 rings (SSSR count). The SMILES string of the molecule is Oc1ccc(O)c(C2C[C@H]3CC[C@@H]2C3)c1. The second-order valence-electron chi connectivity index (χ2n) is 5.02. The molecule has 1 unspecified atom stereocenters. The van der Waals surface area contributed by atoms with Crippen LogP contribution >= 0.6 is 0 Å². The average Bonchev–Trinajstić information content (AvgIpc) is 2.83. The van der Waals surface area contributed by atoms with Crippen molar-refractivity contribution in [2.75, 3.05) is 0 Å². The molecule has 0 amide bonds. The largest absolute Gasteiger partial charge is 0.508 e. The number of phenolic OH excluding ortho intramolecular Hbond substituents is 2. The Morgan fingerprint density at radius 1 is 1.07 bits per heavy atom. The van der Waals surface area contributed by atoms with Gasteiger partial charge in [0, 0.05) is 5.56 Å². The van der Waals surface area contributed by atoms with E-state index >= 15 is 0 Å². The fraction of sp³-hybridized carbons (Fsp3) is 0.538. The molecule has 1 aromatic rings. The second-order valence-corrected chi connectivity index (χ2v) is 5.02. The van der Waals surface area contributed by atoms with Crippen LogP contribution in [0.25, 0.3) is 0 Å². The predicted octanol–water partition coefficient (Wildman–Crippen LogP) is 3.00. The van der Waals surface area contributed by atoms with Gasteiger partial charge in [-0.05, 0) is 55.2 Å². The van der Waals surface area contributed by atoms with Gasteiger partial charge in [0.2, 0.25) is 0 Å². The molecule has 2 heteroatoms. The first-order valence-corrected chi connectivity index (χ1v) is 5.76. The van der Waals surface area contributed by atoms with Gasteiger partial charge in [-0.25, -0.2) is 0 Å². The zero-order valence-electron chi connectivity index (χ0n) is 8.69. The van der Waals surface area contributed by atoms with Crippen LogP contribution in [-0.2, 0) is 0 Å². The van der Waals surface area contributed by atoms with Gasteiger partial charge in [0.15, 0.2) is 0 Å². The summed E-state index contributed by atoms with van der Waals surface area (Å²) in [6.45, 7) is 0. The lowest BCUT2D eigenvalue weighted by molar-refractivity contribution is 0.393. The molecular weight excluding hydrogens is 188 g/mol. The zero-order valence-corrected chi connectivity index (χ0v) is 8.69. The molecule has 2 bridgehead atoms. The molecule has 0 aliphatic heterocycles. The lowest BCUT2D eigenvalue weighted by Crippen LogP contribution is -2.08. The van der Waals surface area contributed by atoms with Crippen molar-refractivity contribution in [3.8, 4) is 11.5 Å². The van der Waals surface area contributed by atoms with Gasteiger partial charge >= 0.3 is 0 Å². The summed E-state index contributed by atoms with van der Waals surface area (Å²) in [7, 11) is 0. The van der Waals surface area contributed by atoms with Crippen molar-refractivity contribution in [1.29, 1.82) is 0 Å². The molecule has 2 nitrogen and oxygen atoms in total. The fourth-order valence-electron chi connectivity index (χ4n) is 3.46. The number of rotatable bonds is 1. The smallest absolute Gasteiger partial charge is 0.119 e. The van der Waals surface area contributed by atoms with Crippen LogP contribution in [-0.4, -0.2) is 10.2 Å². The number of benzene rings is 1. The highest BCUT2D eigenvalue weighted by molar-refractivity contribution is 5.42. The Balaban J connectivity index is 1.96. The molecule has 1 aromatic carbocycles. The molecule has 0 saturated heterocycles. The molecular formula is C13H16O2. The van der Waals surface area contributed by atoms with Crippen molar-refractivity contribution in [3.63, 3.8) is 0 Å². The van der Waals surface area contributed by atoms with Crippen molar-refractivity contribution in [2.24, 2.45) is 11.8 Å². The lowest BCUT2D eigenvalue weighted by atomic mass is 9.83. The zero-order chi connectivity index (χ0) is 10.4. The Kier molecular flexibility index (Phi) is 1.91. The Morgan fingerprint density at radius 3 is 2.60 bits per heavy atom. The highest BCUT2D eigenvalue weighted by Gasteiger charge is 2.41. The number of fused-ring (bicyclic) bond motifs is 2. The second kappa shape index (κ2) is 3.16.